The molecular formula is C26H40O5. The van der Waals surface area contributed by atoms with Gasteiger partial charge in [-0.05, 0) is 91.8 Å². The van der Waals surface area contributed by atoms with Crippen molar-refractivity contribution >= 4 is 17.7 Å². The van der Waals surface area contributed by atoms with Gasteiger partial charge in [0.2, 0.25) is 0 Å². The topological polar surface area (TPSA) is 80.7 Å². The third-order valence-electron chi connectivity index (χ3n) is 10.2. The highest BCUT2D eigenvalue weighted by Gasteiger charge is 2.63. The molecule has 0 bridgehead atoms. The molecule has 5 heteroatoms. The minimum Gasteiger partial charge on any atom is -0.481 e. The molecular weight excluding hydrogens is 392 g/mol. The Hall–Kier alpha value is -1.39. The van der Waals surface area contributed by atoms with Crippen molar-refractivity contribution in [1.29, 1.82) is 0 Å². The first-order valence-electron chi connectivity index (χ1n) is 12.5. The number of rotatable bonds is 5. The Bertz CT molecular complexity index is 746. The molecule has 174 valence electrons. The van der Waals surface area contributed by atoms with E-state index < -0.39 is 5.97 Å². The maximum atomic E-state index is 13.8. The molecule has 5 unspecified atom stereocenters. The van der Waals surface area contributed by atoms with E-state index in [1.807, 2.05) is 0 Å². The lowest BCUT2D eigenvalue weighted by molar-refractivity contribution is -0.169. The lowest BCUT2D eigenvalue weighted by atomic mass is 9.44. The molecule has 0 spiro atoms. The summed E-state index contributed by atoms with van der Waals surface area (Å²) in [6.45, 7) is 8.38. The number of hydrogen-bond donors (Lipinski definition) is 1. The number of carbonyl (C=O) groups is 3. The van der Waals surface area contributed by atoms with Gasteiger partial charge >= 0.3 is 11.9 Å². The summed E-state index contributed by atoms with van der Waals surface area (Å²) in [5.41, 5.74) is 0.0549. The van der Waals surface area contributed by atoms with Gasteiger partial charge in [0.25, 0.3) is 0 Å². The van der Waals surface area contributed by atoms with Crippen LogP contribution in [0.4, 0.5) is 0 Å². The van der Waals surface area contributed by atoms with Crippen molar-refractivity contribution in [3.05, 3.63) is 0 Å². The van der Waals surface area contributed by atoms with E-state index in [0.29, 0.717) is 48.2 Å². The molecule has 31 heavy (non-hydrogen) atoms. The number of ketones is 1. The smallest absolute Gasteiger partial charge is 0.303 e. The molecule has 4 fully saturated rings. The number of Topliss-reactive ketones (excluding diaryl/α,β-unsaturated/α-hetero) is 1. The Morgan fingerprint density at radius 3 is 2.55 bits per heavy atom. The molecule has 0 heterocycles. The summed E-state index contributed by atoms with van der Waals surface area (Å²) in [6, 6.07) is 0. The Balaban J connectivity index is 1.53. The summed E-state index contributed by atoms with van der Waals surface area (Å²) in [4.78, 5) is 36.3. The van der Waals surface area contributed by atoms with Crippen molar-refractivity contribution in [3.8, 4) is 0 Å². The van der Waals surface area contributed by atoms with Crippen molar-refractivity contribution in [2.45, 2.75) is 98.0 Å². The number of carbonyl (C=O) groups excluding carboxylic acids is 2. The van der Waals surface area contributed by atoms with Crippen LogP contribution in [0, 0.1) is 46.3 Å². The molecule has 1 N–H and O–H groups in total. The van der Waals surface area contributed by atoms with Gasteiger partial charge in [0.05, 0.1) is 0 Å². The number of aliphatic carboxylic acids is 1. The van der Waals surface area contributed by atoms with Gasteiger partial charge in [0.1, 0.15) is 11.9 Å². The van der Waals surface area contributed by atoms with E-state index in [4.69, 9.17) is 9.84 Å². The van der Waals surface area contributed by atoms with E-state index in [9.17, 15) is 14.4 Å². The maximum absolute atomic E-state index is 13.8. The Morgan fingerprint density at radius 1 is 1.13 bits per heavy atom. The molecule has 4 aliphatic rings. The van der Waals surface area contributed by atoms with Gasteiger partial charge in [0.15, 0.2) is 0 Å². The van der Waals surface area contributed by atoms with E-state index in [-0.39, 0.29) is 35.2 Å². The SMILES string of the molecule is CC(=O)O[C@@H]1CC[C@]2(C)C3C(=O)C[C@]4(C)C(C(C)CCC(=O)O)CCC4C3CC[C@@H]2C1. The summed E-state index contributed by atoms with van der Waals surface area (Å²) < 4.78 is 5.55. The minimum absolute atomic E-state index is 0.0158. The van der Waals surface area contributed by atoms with Crippen molar-refractivity contribution in [3.63, 3.8) is 0 Å². The number of carboxylic acid groups (broad SMARTS) is 1. The van der Waals surface area contributed by atoms with Crippen molar-refractivity contribution in [1.82, 2.24) is 0 Å². The average molecular weight is 433 g/mol. The van der Waals surface area contributed by atoms with Crippen LogP contribution in [-0.2, 0) is 19.1 Å². The number of ether oxygens (including phenoxy) is 1. The fourth-order valence-corrected chi connectivity index (χ4v) is 8.90. The first-order valence-corrected chi connectivity index (χ1v) is 12.5. The molecule has 0 aromatic heterocycles. The van der Waals surface area contributed by atoms with Crippen LogP contribution < -0.4 is 0 Å². The summed E-state index contributed by atoms with van der Waals surface area (Å²) in [6.07, 6.45) is 8.93. The zero-order chi connectivity index (χ0) is 22.6. The Kier molecular flexibility index (Phi) is 6.02. The summed E-state index contributed by atoms with van der Waals surface area (Å²) in [5.74, 6) is 2.00. The monoisotopic (exact) mass is 432 g/mol. The van der Waals surface area contributed by atoms with E-state index in [2.05, 4.69) is 20.8 Å². The molecule has 0 radical (unpaired) electrons. The van der Waals surface area contributed by atoms with Gasteiger partial charge in [-0.25, -0.2) is 0 Å². The molecule has 9 atom stereocenters. The number of fused-ring (bicyclic) bond motifs is 5. The zero-order valence-electron chi connectivity index (χ0n) is 19.7. The Morgan fingerprint density at radius 2 is 1.87 bits per heavy atom. The second-order valence-electron chi connectivity index (χ2n) is 11.8. The second-order valence-corrected chi connectivity index (χ2v) is 11.8. The predicted molar refractivity (Wildman–Crippen MR) is 117 cm³/mol. The van der Waals surface area contributed by atoms with Crippen LogP contribution in [0.25, 0.3) is 0 Å². The van der Waals surface area contributed by atoms with Gasteiger partial charge < -0.3 is 9.84 Å². The largest absolute Gasteiger partial charge is 0.481 e. The fourth-order valence-electron chi connectivity index (χ4n) is 8.90. The van der Waals surface area contributed by atoms with E-state index in [1.165, 1.54) is 13.3 Å². The van der Waals surface area contributed by atoms with Gasteiger partial charge in [-0.3, -0.25) is 14.4 Å². The van der Waals surface area contributed by atoms with E-state index in [0.717, 1.165) is 38.5 Å². The highest BCUT2D eigenvalue weighted by Crippen LogP contribution is 2.67. The fraction of sp³-hybridized carbons (Fsp3) is 0.885. The molecule has 5 nitrogen and oxygen atoms in total. The van der Waals surface area contributed by atoms with Crippen molar-refractivity contribution in [2.24, 2.45) is 46.3 Å². The summed E-state index contributed by atoms with van der Waals surface area (Å²) in [5, 5.41) is 9.12. The molecule has 0 aromatic carbocycles. The van der Waals surface area contributed by atoms with Crippen LogP contribution in [-0.4, -0.2) is 28.9 Å². The minimum atomic E-state index is -0.720. The summed E-state index contributed by atoms with van der Waals surface area (Å²) in [7, 11) is 0. The van der Waals surface area contributed by atoms with Crippen LogP contribution >= 0.6 is 0 Å². The molecule has 4 saturated carbocycles. The number of carboxylic acids is 1. The average Bonchev–Trinajstić information content (AvgIpc) is 3.02. The van der Waals surface area contributed by atoms with Crippen LogP contribution in [0.15, 0.2) is 0 Å². The van der Waals surface area contributed by atoms with Crippen LogP contribution in [0.1, 0.15) is 91.9 Å². The third kappa shape index (κ3) is 3.84. The molecule has 0 aliphatic heterocycles. The highest BCUT2D eigenvalue weighted by molar-refractivity contribution is 5.84. The quantitative estimate of drug-likeness (QED) is 0.600. The second kappa shape index (κ2) is 8.19. The van der Waals surface area contributed by atoms with Gasteiger partial charge in [-0.1, -0.05) is 20.8 Å². The van der Waals surface area contributed by atoms with Gasteiger partial charge in [-0.2, -0.15) is 0 Å². The number of esters is 1. The lowest BCUT2D eigenvalue weighted by Gasteiger charge is -2.60. The maximum Gasteiger partial charge on any atom is 0.303 e. The molecule has 0 aromatic rings. The van der Waals surface area contributed by atoms with E-state index in [1.54, 1.807) is 0 Å². The predicted octanol–water partition coefficient (Wildman–Crippen LogP) is 5.26. The first kappa shape index (κ1) is 22.8. The third-order valence-corrected chi connectivity index (χ3v) is 10.2. The zero-order valence-corrected chi connectivity index (χ0v) is 19.7. The molecule has 4 rings (SSSR count). The van der Waals surface area contributed by atoms with Crippen LogP contribution in [0.2, 0.25) is 0 Å². The molecule has 0 amide bonds. The molecule has 0 saturated heterocycles. The van der Waals surface area contributed by atoms with Crippen LogP contribution in [0.3, 0.4) is 0 Å². The van der Waals surface area contributed by atoms with Crippen molar-refractivity contribution < 1.29 is 24.2 Å². The lowest BCUT2D eigenvalue weighted by Crippen LogP contribution is -2.58. The van der Waals surface area contributed by atoms with E-state index >= 15 is 0 Å². The number of hydrogen-bond acceptors (Lipinski definition) is 4. The first-order chi connectivity index (χ1) is 14.6. The van der Waals surface area contributed by atoms with Crippen LogP contribution in [0.5, 0.6) is 0 Å². The van der Waals surface area contributed by atoms with Gasteiger partial charge in [0, 0.05) is 25.7 Å². The van der Waals surface area contributed by atoms with Gasteiger partial charge in [-0.15, -0.1) is 0 Å². The standard InChI is InChI=1S/C26H40O5/c1-15(5-10-23(29)30)20-8-9-21-19-7-6-17-13-18(31-16(2)27)11-12-25(17,3)24(19)22(28)14-26(20,21)4/h15,17-21,24H,5-14H2,1-4H3,(H,29,30)/t15?,17-,18-,19?,20?,21?,24?,25+,26-/m1/s1. The molecule has 4 aliphatic carbocycles. The normalized spacial score (nSPS) is 45.2. The Labute approximate surface area is 186 Å². The van der Waals surface area contributed by atoms with Crippen molar-refractivity contribution in [2.75, 3.05) is 0 Å². The highest BCUT2D eigenvalue weighted by atomic mass is 16.5. The summed E-state index contributed by atoms with van der Waals surface area (Å²) >= 11 is 0.